The van der Waals surface area contributed by atoms with Gasteiger partial charge in [0, 0.05) is 18.7 Å². The number of nitrogens with zero attached hydrogens (tertiary/aromatic N) is 1. The molecule has 1 amide bonds. The predicted octanol–water partition coefficient (Wildman–Crippen LogP) is 2.14. The summed E-state index contributed by atoms with van der Waals surface area (Å²) in [5.41, 5.74) is 1.72. The lowest BCUT2D eigenvalue weighted by atomic mass is 10.0. The number of piperazine rings is 1. The number of hydrogen-bond acceptors (Lipinski definition) is 3. The largest absolute Gasteiger partial charge is 0.353 e. The first-order valence-corrected chi connectivity index (χ1v) is 9.56. The molecule has 2 aromatic rings. The summed E-state index contributed by atoms with van der Waals surface area (Å²) in [5, 5.41) is 2.62. The summed E-state index contributed by atoms with van der Waals surface area (Å²) in [4.78, 5) is 12.3. The molecule has 1 fully saturated rings. The zero-order valence-corrected chi connectivity index (χ0v) is 14.6. The fourth-order valence-electron chi connectivity index (χ4n) is 2.92. The second kappa shape index (κ2) is 6.93. The molecular weight excluding hydrogens is 343 g/mol. The number of carbonyl (C=O) groups is 1. The molecule has 0 radical (unpaired) electrons. The molecule has 1 unspecified atom stereocenters. The van der Waals surface area contributed by atoms with Crippen LogP contribution in [0, 0.1) is 12.7 Å². The molecule has 5 nitrogen and oxygen atoms in total. The fourth-order valence-corrected chi connectivity index (χ4v) is 4.60. The summed E-state index contributed by atoms with van der Waals surface area (Å²) in [6.07, 6.45) is 0. The van der Waals surface area contributed by atoms with Gasteiger partial charge in [0.2, 0.25) is 15.9 Å². The van der Waals surface area contributed by atoms with Crippen LogP contribution >= 0.6 is 0 Å². The molecule has 132 valence electrons. The minimum atomic E-state index is -3.79. The van der Waals surface area contributed by atoms with Crippen molar-refractivity contribution < 1.29 is 17.6 Å². The van der Waals surface area contributed by atoms with E-state index in [4.69, 9.17) is 0 Å². The van der Waals surface area contributed by atoms with Crippen molar-refractivity contribution in [3.63, 3.8) is 0 Å². The van der Waals surface area contributed by atoms with Gasteiger partial charge in [0.15, 0.2) is 0 Å². The number of hydrogen-bond donors (Lipinski definition) is 1. The van der Waals surface area contributed by atoms with Gasteiger partial charge in [-0.05, 0) is 18.6 Å². The molecule has 1 N–H and O–H groups in total. The number of carbonyl (C=O) groups excluding carboxylic acids is 1. The van der Waals surface area contributed by atoms with Crippen molar-refractivity contribution in [2.24, 2.45) is 0 Å². The Morgan fingerprint density at radius 2 is 1.84 bits per heavy atom. The van der Waals surface area contributed by atoms with Crippen molar-refractivity contribution in [1.29, 1.82) is 0 Å². The second-order valence-electron chi connectivity index (χ2n) is 6.07. The van der Waals surface area contributed by atoms with Crippen molar-refractivity contribution in [2.75, 3.05) is 13.1 Å². The van der Waals surface area contributed by atoms with Gasteiger partial charge in [-0.3, -0.25) is 4.79 Å². The van der Waals surface area contributed by atoms with Gasteiger partial charge in [-0.25, -0.2) is 12.8 Å². The zero-order chi connectivity index (χ0) is 18.0. The minimum Gasteiger partial charge on any atom is -0.353 e. The van der Waals surface area contributed by atoms with Crippen LogP contribution < -0.4 is 5.32 Å². The van der Waals surface area contributed by atoms with E-state index in [1.807, 2.05) is 19.1 Å². The van der Waals surface area contributed by atoms with Crippen molar-refractivity contribution >= 4 is 15.9 Å². The van der Waals surface area contributed by atoms with E-state index < -0.39 is 27.8 Å². The van der Waals surface area contributed by atoms with Crippen LogP contribution in [0.4, 0.5) is 4.39 Å². The first-order chi connectivity index (χ1) is 11.9. The molecule has 1 saturated heterocycles. The number of benzene rings is 2. The Labute approximate surface area is 146 Å². The first kappa shape index (κ1) is 17.6. The molecule has 2 aromatic carbocycles. The maximum absolute atomic E-state index is 14.2. The van der Waals surface area contributed by atoms with Crippen LogP contribution in [0.25, 0.3) is 0 Å². The van der Waals surface area contributed by atoms with Crippen LogP contribution in [0.2, 0.25) is 0 Å². The van der Waals surface area contributed by atoms with E-state index in [1.54, 1.807) is 18.2 Å². The Bertz CT molecular complexity index is 881. The molecule has 25 heavy (non-hydrogen) atoms. The lowest BCUT2D eigenvalue weighted by molar-refractivity contribution is -0.127. The van der Waals surface area contributed by atoms with Gasteiger partial charge < -0.3 is 5.32 Å². The van der Waals surface area contributed by atoms with Crippen LogP contribution in [0.3, 0.4) is 0 Å². The molecule has 0 bridgehead atoms. The standard InChI is InChI=1S/C18H19FN2O3S/c1-13-6-8-14(9-7-13)12-25(23,24)21-11-10-20-18(22)17(21)15-4-2-3-5-16(15)19/h2-9,17H,10-12H2,1H3,(H,20,22). The normalized spacial score (nSPS) is 18.8. The fraction of sp³-hybridized carbons (Fsp3) is 0.278. The van der Waals surface area contributed by atoms with Gasteiger partial charge in [-0.2, -0.15) is 4.31 Å². The van der Waals surface area contributed by atoms with Crippen molar-refractivity contribution in [2.45, 2.75) is 18.7 Å². The zero-order valence-electron chi connectivity index (χ0n) is 13.8. The number of amides is 1. The molecular formula is C18H19FN2O3S. The summed E-state index contributed by atoms with van der Waals surface area (Å²) >= 11 is 0. The van der Waals surface area contributed by atoms with Crippen LogP contribution in [0.15, 0.2) is 48.5 Å². The Morgan fingerprint density at radius 1 is 1.16 bits per heavy atom. The molecule has 0 aromatic heterocycles. The Balaban J connectivity index is 1.95. The predicted molar refractivity (Wildman–Crippen MR) is 92.7 cm³/mol. The summed E-state index contributed by atoms with van der Waals surface area (Å²) in [5.74, 6) is -1.34. The SMILES string of the molecule is Cc1ccc(CS(=O)(=O)N2CCNC(=O)C2c2ccccc2F)cc1. The van der Waals surface area contributed by atoms with E-state index in [2.05, 4.69) is 5.32 Å². The third-order valence-corrected chi connectivity index (χ3v) is 6.00. The van der Waals surface area contributed by atoms with Crippen molar-refractivity contribution in [3.05, 3.63) is 71.0 Å². The molecule has 7 heteroatoms. The Morgan fingerprint density at radius 3 is 2.52 bits per heavy atom. The first-order valence-electron chi connectivity index (χ1n) is 7.96. The highest BCUT2D eigenvalue weighted by Crippen LogP contribution is 2.29. The smallest absolute Gasteiger partial charge is 0.243 e. The van der Waals surface area contributed by atoms with Gasteiger partial charge in [0.1, 0.15) is 11.9 Å². The molecule has 1 heterocycles. The number of aryl methyl sites for hydroxylation is 1. The van der Waals surface area contributed by atoms with Crippen LogP contribution in [0.1, 0.15) is 22.7 Å². The Hall–Kier alpha value is -2.25. The molecule has 1 aliphatic rings. The Kier molecular flexibility index (Phi) is 4.87. The molecule has 0 aliphatic carbocycles. The van der Waals surface area contributed by atoms with Gasteiger partial charge in [-0.15, -0.1) is 0 Å². The lowest BCUT2D eigenvalue weighted by Gasteiger charge is -2.34. The van der Waals surface area contributed by atoms with Crippen LogP contribution in [-0.2, 0) is 20.6 Å². The molecule has 0 saturated carbocycles. The second-order valence-corrected chi connectivity index (χ2v) is 7.99. The molecule has 1 atom stereocenters. The summed E-state index contributed by atoms with van der Waals surface area (Å²) in [6, 6.07) is 11.7. The maximum atomic E-state index is 14.2. The number of sulfonamides is 1. The van der Waals surface area contributed by atoms with E-state index in [-0.39, 0.29) is 24.4 Å². The third kappa shape index (κ3) is 3.72. The quantitative estimate of drug-likeness (QED) is 0.906. The number of halogens is 1. The average Bonchev–Trinajstić information content (AvgIpc) is 2.57. The van der Waals surface area contributed by atoms with E-state index in [1.165, 1.54) is 18.2 Å². The molecule has 1 aliphatic heterocycles. The highest BCUT2D eigenvalue weighted by atomic mass is 32.2. The minimum absolute atomic E-state index is 0.0622. The highest BCUT2D eigenvalue weighted by Gasteiger charge is 2.39. The highest BCUT2D eigenvalue weighted by molar-refractivity contribution is 7.88. The van der Waals surface area contributed by atoms with Gasteiger partial charge >= 0.3 is 0 Å². The van der Waals surface area contributed by atoms with Crippen molar-refractivity contribution in [1.82, 2.24) is 9.62 Å². The van der Waals surface area contributed by atoms with Crippen molar-refractivity contribution in [3.8, 4) is 0 Å². The van der Waals surface area contributed by atoms with E-state index in [9.17, 15) is 17.6 Å². The number of nitrogens with one attached hydrogen (secondary N) is 1. The lowest BCUT2D eigenvalue weighted by Crippen LogP contribution is -2.52. The van der Waals surface area contributed by atoms with E-state index in [0.717, 1.165) is 9.87 Å². The van der Waals surface area contributed by atoms with Gasteiger partial charge in [0.05, 0.1) is 5.75 Å². The van der Waals surface area contributed by atoms with Crippen LogP contribution in [0.5, 0.6) is 0 Å². The van der Waals surface area contributed by atoms with Gasteiger partial charge in [0.25, 0.3) is 0 Å². The number of rotatable bonds is 4. The maximum Gasteiger partial charge on any atom is 0.243 e. The third-order valence-electron chi connectivity index (χ3n) is 4.19. The monoisotopic (exact) mass is 362 g/mol. The van der Waals surface area contributed by atoms with Gasteiger partial charge in [-0.1, -0.05) is 48.0 Å². The van der Waals surface area contributed by atoms with E-state index >= 15 is 0 Å². The topological polar surface area (TPSA) is 66.5 Å². The molecule has 0 spiro atoms. The molecule has 3 rings (SSSR count). The van der Waals surface area contributed by atoms with E-state index in [0.29, 0.717) is 5.56 Å². The summed E-state index contributed by atoms with van der Waals surface area (Å²) in [6.45, 7) is 2.23. The van der Waals surface area contributed by atoms with Crippen LogP contribution in [-0.4, -0.2) is 31.7 Å². The summed E-state index contributed by atoms with van der Waals surface area (Å²) in [7, 11) is -3.79. The average molecular weight is 362 g/mol. The summed E-state index contributed by atoms with van der Waals surface area (Å²) < 4.78 is 41.1.